The van der Waals surface area contributed by atoms with Gasteiger partial charge in [-0.05, 0) is 72.9 Å². The lowest BCUT2D eigenvalue weighted by molar-refractivity contribution is 0.0967. The lowest BCUT2D eigenvalue weighted by atomic mass is 10.1. The summed E-state index contributed by atoms with van der Waals surface area (Å²) in [5.41, 5.74) is 2.12. The fourth-order valence-corrected chi connectivity index (χ4v) is 3.56. The molecule has 4 aromatic rings. The SMILES string of the molecule is O=C(Cn1nc(CNc2ccc(F)cc2)n(-c2ccccc2)c1=S)c1ccc(Cl)cc1. The van der Waals surface area contributed by atoms with Crippen molar-refractivity contribution in [2.24, 2.45) is 0 Å². The molecule has 0 unspecified atom stereocenters. The number of para-hydroxylation sites is 1. The lowest BCUT2D eigenvalue weighted by Gasteiger charge is -2.08. The van der Waals surface area contributed by atoms with Crippen molar-refractivity contribution >= 4 is 35.3 Å². The summed E-state index contributed by atoms with van der Waals surface area (Å²) in [7, 11) is 0. The molecule has 1 heterocycles. The molecule has 5 nitrogen and oxygen atoms in total. The van der Waals surface area contributed by atoms with Gasteiger partial charge in [0.2, 0.25) is 4.77 Å². The number of nitrogens with one attached hydrogen (secondary N) is 1. The molecule has 0 fully saturated rings. The van der Waals surface area contributed by atoms with Gasteiger partial charge in [-0.3, -0.25) is 9.36 Å². The monoisotopic (exact) mass is 452 g/mol. The molecule has 3 aromatic carbocycles. The highest BCUT2D eigenvalue weighted by Crippen LogP contribution is 2.16. The molecule has 0 aliphatic rings. The Bertz CT molecular complexity index is 1250. The van der Waals surface area contributed by atoms with Crippen LogP contribution in [0.1, 0.15) is 16.2 Å². The first-order valence-corrected chi connectivity index (χ1v) is 10.3. The number of ketones is 1. The minimum absolute atomic E-state index is 0.00382. The molecule has 0 aliphatic carbocycles. The predicted octanol–water partition coefficient (Wildman–Crippen LogP) is 5.69. The Hall–Kier alpha value is -3.29. The van der Waals surface area contributed by atoms with Crippen LogP contribution < -0.4 is 5.32 Å². The first-order chi connectivity index (χ1) is 15.0. The number of anilines is 1. The van der Waals surface area contributed by atoms with Gasteiger partial charge in [0.25, 0.3) is 0 Å². The molecule has 0 saturated heterocycles. The number of carbonyl (C=O) groups excluding carboxylic acids is 1. The van der Waals surface area contributed by atoms with E-state index in [9.17, 15) is 9.18 Å². The summed E-state index contributed by atoms with van der Waals surface area (Å²) in [5.74, 6) is 0.204. The minimum Gasteiger partial charge on any atom is -0.378 e. The lowest BCUT2D eigenvalue weighted by Crippen LogP contribution is -2.12. The highest BCUT2D eigenvalue weighted by Gasteiger charge is 2.15. The van der Waals surface area contributed by atoms with Crippen LogP contribution >= 0.6 is 23.8 Å². The van der Waals surface area contributed by atoms with Gasteiger partial charge in [0.05, 0.1) is 6.54 Å². The molecule has 0 spiro atoms. The summed E-state index contributed by atoms with van der Waals surface area (Å²) in [4.78, 5) is 12.7. The topological polar surface area (TPSA) is 51.9 Å². The number of halogens is 2. The summed E-state index contributed by atoms with van der Waals surface area (Å²) in [6.07, 6.45) is 0. The number of aromatic nitrogens is 3. The molecule has 156 valence electrons. The van der Waals surface area contributed by atoms with Crippen LogP contribution in [0.2, 0.25) is 5.02 Å². The first-order valence-electron chi connectivity index (χ1n) is 9.53. The molecule has 0 bridgehead atoms. The van der Waals surface area contributed by atoms with Gasteiger partial charge in [-0.2, -0.15) is 5.10 Å². The van der Waals surface area contributed by atoms with Crippen molar-refractivity contribution in [2.45, 2.75) is 13.1 Å². The van der Waals surface area contributed by atoms with Crippen LogP contribution in [0, 0.1) is 10.6 Å². The molecule has 0 radical (unpaired) electrons. The molecule has 4 rings (SSSR count). The summed E-state index contributed by atoms with van der Waals surface area (Å²) in [6.45, 7) is 0.343. The number of carbonyl (C=O) groups is 1. The molecular weight excluding hydrogens is 435 g/mol. The highest BCUT2D eigenvalue weighted by molar-refractivity contribution is 7.71. The van der Waals surface area contributed by atoms with Gasteiger partial charge >= 0.3 is 0 Å². The van der Waals surface area contributed by atoms with Crippen LogP contribution in [0.15, 0.2) is 78.9 Å². The first kappa shape index (κ1) is 21.0. The number of rotatable bonds is 7. The van der Waals surface area contributed by atoms with E-state index in [4.69, 9.17) is 23.8 Å². The molecule has 0 amide bonds. The maximum Gasteiger partial charge on any atom is 0.203 e. The summed E-state index contributed by atoms with van der Waals surface area (Å²) < 4.78 is 16.9. The Kier molecular flexibility index (Phi) is 6.25. The van der Waals surface area contributed by atoms with Crippen LogP contribution in [0.5, 0.6) is 0 Å². The largest absolute Gasteiger partial charge is 0.378 e. The zero-order valence-electron chi connectivity index (χ0n) is 16.3. The maximum absolute atomic E-state index is 13.2. The van der Waals surface area contributed by atoms with Gasteiger partial charge in [0.1, 0.15) is 12.4 Å². The molecule has 0 aliphatic heterocycles. The van der Waals surface area contributed by atoms with Gasteiger partial charge in [-0.15, -0.1) is 0 Å². The van der Waals surface area contributed by atoms with Crippen molar-refractivity contribution in [1.82, 2.24) is 14.3 Å². The summed E-state index contributed by atoms with van der Waals surface area (Å²) in [6, 6.07) is 22.4. The molecule has 31 heavy (non-hydrogen) atoms. The Morgan fingerprint density at radius 1 is 1.00 bits per heavy atom. The van der Waals surface area contributed by atoms with Crippen molar-refractivity contribution in [2.75, 3.05) is 5.32 Å². The third-order valence-electron chi connectivity index (χ3n) is 4.68. The zero-order chi connectivity index (χ0) is 21.8. The van der Waals surface area contributed by atoms with Gasteiger partial charge in [-0.25, -0.2) is 9.07 Å². The zero-order valence-corrected chi connectivity index (χ0v) is 17.9. The summed E-state index contributed by atoms with van der Waals surface area (Å²) in [5, 5.41) is 8.38. The highest BCUT2D eigenvalue weighted by atomic mass is 35.5. The quantitative estimate of drug-likeness (QED) is 0.289. The van der Waals surface area contributed by atoms with Crippen molar-refractivity contribution < 1.29 is 9.18 Å². The molecule has 8 heteroatoms. The molecule has 1 N–H and O–H groups in total. The Morgan fingerprint density at radius 3 is 2.35 bits per heavy atom. The van der Waals surface area contributed by atoms with Crippen LogP contribution in [0.3, 0.4) is 0 Å². The summed E-state index contributed by atoms with van der Waals surface area (Å²) >= 11 is 11.6. The second kappa shape index (κ2) is 9.24. The van der Waals surface area contributed by atoms with E-state index in [0.717, 1.165) is 11.4 Å². The molecular formula is C23H18ClFN4OS. The number of hydrogen-bond acceptors (Lipinski definition) is 4. The van der Waals surface area contributed by atoms with E-state index in [1.807, 2.05) is 34.9 Å². The fraction of sp³-hybridized carbons (Fsp3) is 0.0870. The smallest absolute Gasteiger partial charge is 0.203 e. The van der Waals surface area contributed by atoms with Crippen LogP contribution in [-0.4, -0.2) is 20.1 Å². The van der Waals surface area contributed by atoms with E-state index in [-0.39, 0.29) is 18.1 Å². The fourth-order valence-electron chi connectivity index (χ4n) is 3.12. The van der Waals surface area contributed by atoms with Crippen molar-refractivity contribution in [3.63, 3.8) is 0 Å². The van der Waals surface area contributed by atoms with Gasteiger partial charge in [-0.1, -0.05) is 29.8 Å². The second-order valence-electron chi connectivity index (χ2n) is 6.82. The number of benzene rings is 3. The number of nitrogens with zero attached hydrogens (tertiary/aromatic N) is 3. The normalized spacial score (nSPS) is 10.8. The maximum atomic E-state index is 13.2. The predicted molar refractivity (Wildman–Crippen MR) is 122 cm³/mol. The Labute approximate surface area is 188 Å². The average molecular weight is 453 g/mol. The van der Waals surface area contributed by atoms with E-state index < -0.39 is 0 Å². The second-order valence-corrected chi connectivity index (χ2v) is 7.62. The van der Waals surface area contributed by atoms with Gasteiger partial charge < -0.3 is 5.32 Å². The van der Waals surface area contributed by atoms with E-state index in [1.165, 1.54) is 16.8 Å². The van der Waals surface area contributed by atoms with Crippen LogP contribution in [-0.2, 0) is 13.1 Å². The Morgan fingerprint density at radius 2 is 1.68 bits per heavy atom. The third kappa shape index (κ3) is 4.90. The van der Waals surface area contributed by atoms with E-state index in [0.29, 0.717) is 27.7 Å². The molecule has 0 saturated carbocycles. The van der Waals surface area contributed by atoms with Gasteiger partial charge in [0, 0.05) is 22.0 Å². The van der Waals surface area contributed by atoms with Crippen LogP contribution in [0.25, 0.3) is 5.69 Å². The Balaban J connectivity index is 1.64. The van der Waals surface area contributed by atoms with E-state index >= 15 is 0 Å². The average Bonchev–Trinajstić information content (AvgIpc) is 3.09. The van der Waals surface area contributed by atoms with Crippen molar-refractivity contribution in [3.05, 3.63) is 106 Å². The van der Waals surface area contributed by atoms with Crippen molar-refractivity contribution in [3.8, 4) is 5.69 Å². The number of Topliss-reactive ketones (excluding diaryl/α,β-unsaturated/α-hetero) is 1. The molecule has 1 aromatic heterocycles. The third-order valence-corrected chi connectivity index (χ3v) is 5.32. The van der Waals surface area contributed by atoms with Gasteiger partial charge in [0.15, 0.2) is 11.6 Å². The number of hydrogen-bond donors (Lipinski definition) is 1. The van der Waals surface area contributed by atoms with Crippen LogP contribution in [0.4, 0.5) is 10.1 Å². The molecule has 0 atom stereocenters. The minimum atomic E-state index is -0.303. The van der Waals surface area contributed by atoms with Crippen molar-refractivity contribution in [1.29, 1.82) is 0 Å². The van der Waals surface area contributed by atoms with E-state index in [2.05, 4.69) is 10.4 Å². The van der Waals surface area contributed by atoms with E-state index in [1.54, 1.807) is 36.4 Å². The standard InChI is InChI=1S/C23H18ClFN4OS/c24-17-8-6-16(7-9-17)21(30)15-28-23(31)29(20-4-2-1-3-5-20)22(27-28)14-26-19-12-10-18(25)11-13-19/h1-13,26H,14-15H2.